The lowest BCUT2D eigenvalue weighted by Crippen LogP contribution is -2.49. The van der Waals surface area contributed by atoms with E-state index in [1.165, 1.54) is 7.11 Å². The summed E-state index contributed by atoms with van der Waals surface area (Å²) in [6, 6.07) is 13.6. The molecule has 1 spiro atoms. The van der Waals surface area contributed by atoms with Crippen molar-refractivity contribution in [2.24, 2.45) is 0 Å². The topological polar surface area (TPSA) is 104 Å². The molecule has 40 heavy (non-hydrogen) atoms. The second-order valence-corrected chi connectivity index (χ2v) is 11.1. The smallest absolute Gasteiger partial charge is 0.339 e. The summed E-state index contributed by atoms with van der Waals surface area (Å²) in [5.41, 5.74) is 0.597. The first kappa shape index (κ1) is 26.7. The van der Waals surface area contributed by atoms with Crippen molar-refractivity contribution >= 4 is 11.9 Å². The minimum absolute atomic E-state index is 0.000898. The van der Waals surface area contributed by atoms with Gasteiger partial charge in [0.15, 0.2) is 23.2 Å². The van der Waals surface area contributed by atoms with Crippen molar-refractivity contribution < 1.29 is 38.4 Å². The van der Waals surface area contributed by atoms with Gasteiger partial charge in [0, 0.05) is 6.54 Å². The number of esters is 2. The van der Waals surface area contributed by atoms with Gasteiger partial charge in [0.25, 0.3) is 0 Å². The Morgan fingerprint density at radius 1 is 1.12 bits per heavy atom. The Hall–Kier alpha value is -3.56. The average molecular weight is 550 g/mol. The van der Waals surface area contributed by atoms with Crippen LogP contribution in [0.15, 0.2) is 54.3 Å². The fraction of sp³-hybridized carbons (Fsp3) is 0.484. The van der Waals surface area contributed by atoms with Crippen LogP contribution in [0.3, 0.4) is 0 Å². The Kier molecular flexibility index (Phi) is 6.96. The van der Waals surface area contributed by atoms with E-state index in [0.29, 0.717) is 17.9 Å². The van der Waals surface area contributed by atoms with Gasteiger partial charge in [0.05, 0.1) is 32.1 Å². The van der Waals surface area contributed by atoms with Crippen LogP contribution in [0.5, 0.6) is 11.5 Å². The summed E-state index contributed by atoms with van der Waals surface area (Å²) in [7, 11) is 2.81. The van der Waals surface area contributed by atoms with Crippen molar-refractivity contribution in [2.45, 2.75) is 61.7 Å². The molecule has 0 aromatic heterocycles. The van der Waals surface area contributed by atoms with Crippen LogP contribution < -0.4 is 9.47 Å². The first-order chi connectivity index (χ1) is 19.4. The van der Waals surface area contributed by atoms with E-state index >= 15 is 0 Å². The number of carbonyl (C=O) groups excluding carboxylic acids is 2. The second kappa shape index (κ2) is 10.4. The van der Waals surface area contributed by atoms with E-state index in [1.807, 2.05) is 42.5 Å². The summed E-state index contributed by atoms with van der Waals surface area (Å²) in [6.45, 7) is 1.94. The van der Waals surface area contributed by atoms with Gasteiger partial charge in [-0.3, -0.25) is 9.69 Å². The molecule has 1 N–H and O–H groups in total. The van der Waals surface area contributed by atoms with E-state index in [-0.39, 0.29) is 19.1 Å². The van der Waals surface area contributed by atoms with Gasteiger partial charge in [-0.25, -0.2) is 4.79 Å². The SMILES string of the molecule is COC(=O)C[C@](O)(CCc1ccccc1)C(=O)O[C@@H]1C(OC)=C[C@]23CCCN2CCc2cc4c(cc2[C@H]13)OCO4. The third-order valence-electron chi connectivity index (χ3n) is 8.91. The van der Waals surface area contributed by atoms with Gasteiger partial charge in [0.1, 0.15) is 5.76 Å². The predicted molar refractivity (Wildman–Crippen MR) is 144 cm³/mol. The van der Waals surface area contributed by atoms with Crippen LogP contribution in [-0.2, 0) is 36.6 Å². The number of nitrogens with zero attached hydrogens (tertiary/aromatic N) is 1. The highest BCUT2D eigenvalue weighted by molar-refractivity contribution is 5.86. The summed E-state index contributed by atoms with van der Waals surface area (Å²) in [4.78, 5) is 28.7. The summed E-state index contributed by atoms with van der Waals surface area (Å²) in [6.07, 6.45) is 3.90. The fourth-order valence-corrected chi connectivity index (χ4v) is 6.89. The van der Waals surface area contributed by atoms with E-state index in [9.17, 15) is 14.7 Å². The molecule has 2 aromatic carbocycles. The number of aryl methyl sites for hydroxylation is 1. The van der Waals surface area contributed by atoms with Crippen molar-refractivity contribution in [1.29, 1.82) is 0 Å². The van der Waals surface area contributed by atoms with E-state index in [2.05, 4.69) is 11.0 Å². The number of benzene rings is 2. The third-order valence-corrected chi connectivity index (χ3v) is 8.91. The van der Waals surface area contributed by atoms with Crippen LogP contribution in [0.25, 0.3) is 0 Å². The zero-order valence-electron chi connectivity index (χ0n) is 22.9. The number of hydrogen-bond donors (Lipinski definition) is 1. The lowest BCUT2D eigenvalue weighted by Gasteiger charge is -2.39. The van der Waals surface area contributed by atoms with Crippen LogP contribution in [-0.4, -0.2) is 73.3 Å². The molecule has 4 aliphatic rings. The molecule has 4 atom stereocenters. The maximum absolute atomic E-state index is 13.9. The number of hydrogen-bond acceptors (Lipinski definition) is 9. The summed E-state index contributed by atoms with van der Waals surface area (Å²) in [5, 5.41) is 11.6. The molecule has 0 bridgehead atoms. The monoisotopic (exact) mass is 549 g/mol. The Morgan fingerprint density at radius 3 is 2.65 bits per heavy atom. The largest absolute Gasteiger partial charge is 0.497 e. The van der Waals surface area contributed by atoms with Gasteiger partial charge < -0.3 is 28.8 Å². The van der Waals surface area contributed by atoms with Crippen LogP contribution in [0.4, 0.5) is 0 Å². The Balaban J connectivity index is 1.36. The molecule has 9 nitrogen and oxygen atoms in total. The van der Waals surface area contributed by atoms with Crippen molar-refractivity contribution in [3.8, 4) is 11.5 Å². The zero-order chi connectivity index (χ0) is 27.9. The molecule has 0 saturated carbocycles. The molecule has 0 radical (unpaired) electrons. The van der Waals surface area contributed by atoms with Crippen LogP contribution in [0.1, 0.15) is 48.3 Å². The standard InChI is InChI=1S/C31H35NO8/c1-36-25-17-30-11-6-13-32(30)14-10-21-15-23-24(39-19-38-23)16-22(21)27(30)28(25)40-29(34)31(35,18-26(33)37-2)12-9-20-7-4-3-5-8-20/h3-5,7-8,15-17,27-28,35H,6,9-14,18-19H2,1-2H3/t27-,28-,30+,31-/m1/s1. The zero-order valence-corrected chi connectivity index (χ0v) is 22.9. The number of rotatable bonds is 8. The fourth-order valence-electron chi connectivity index (χ4n) is 6.89. The van der Waals surface area contributed by atoms with Gasteiger partial charge in [-0.1, -0.05) is 30.3 Å². The Labute approximate surface area is 233 Å². The molecule has 3 heterocycles. The minimum atomic E-state index is -2.07. The Morgan fingerprint density at radius 2 is 1.90 bits per heavy atom. The van der Waals surface area contributed by atoms with Gasteiger partial charge in [-0.2, -0.15) is 0 Å². The van der Waals surface area contributed by atoms with Crippen molar-refractivity contribution in [1.82, 2.24) is 4.90 Å². The number of fused-ring (bicyclic) bond motifs is 3. The second-order valence-electron chi connectivity index (χ2n) is 11.1. The first-order valence-electron chi connectivity index (χ1n) is 13.9. The maximum atomic E-state index is 13.9. The highest BCUT2D eigenvalue weighted by atomic mass is 16.7. The summed E-state index contributed by atoms with van der Waals surface area (Å²) >= 11 is 0. The molecule has 6 rings (SSSR count). The van der Waals surface area contributed by atoms with Crippen molar-refractivity contribution in [3.63, 3.8) is 0 Å². The highest BCUT2D eigenvalue weighted by Crippen LogP contribution is 2.55. The van der Waals surface area contributed by atoms with E-state index < -0.39 is 35.6 Å². The molecule has 0 amide bonds. The van der Waals surface area contributed by atoms with Gasteiger partial charge in [-0.15, -0.1) is 0 Å². The number of aliphatic hydroxyl groups is 1. The van der Waals surface area contributed by atoms with Crippen molar-refractivity contribution in [2.75, 3.05) is 34.1 Å². The molecule has 212 valence electrons. The maximum Gasteiger partial charge on any atom is 0.339 e. The molecule has 1 aliphatic carbocycles. The molecule has 9 heteroatoms. The number of methoxy groups -OCH3 is 2. The quantitative estimate of drug-likeness (QED) is 0.497. The minimum Gasteiger partial charge on any atom is -0.497 e. The normalized spacial score (nSPS) is 26.0. The van der Waals surface area contributed by atoms with Crippen LogP contribution in [0.2, 0.25) is 0 Å². The van der Waals surface area contributed by atoms with E-state index in [1.54, 1.807) is 7.11 Å². The van der Waals surface area contributed by atoms with E-state index in [0.717, 1.165) is 54.8 Å². The van der Waals surface area contributed by atoms with Crippen LogP contribution >= 0.6 is 0 Å². The van der Waals surface area contributed by atoms with E-state index in [4.69, 9.17) is 23.7 Å². The number of carbonyl (C=O) groups is 2. The third kappa shape index (κ3) is 4.51. The van der Waals surface area contributed by atoms with Crippen LogP contribution in [0, 0.1) is 0 Å². The summed E-state index contributed by atoms with van der Waals surface area (Å²) in [5.74, 6) is 0.0926. The predicted octanol–water partition coefficient (Wildman–Crippen LogP) is 3.27. The lowest BCUT2D eigenvalue weighted by molar-refractivity contribution is -0.178. The molecule has 0 unspecified atom stereocenters. The average Bonchev–Trinajstić information content (AvgIpc) is 3.66. The van der Waals surface area contributed by atoms with Gasteiger partial charge >= 0.3 is 11.9 Å². The molecule has 1 fully saturated rings. The van der Waals surface area contributed by atoms with Gasteiger partial charge in [0.2, 0.25) is 6.79 Å². The first-order valence-corrected chi connectivity index (χ1v) is 13.9. The van der Waals surface area contributed by atoms with Crippen molar-refractivity contribution in [3.05, 3.63) is 71.0 Å². The molecular formula is C31H35NO8. The molecular weight excluding hydrogens is 514 g/mol. The Bertz CT molecular complexity index is 1330. The summed E-state index contributed by atoms with van der Waals surface area (Å²) < 4.78 is 28.3. The molecule has 2 aromatic rings. The van der Waals surface area contributed by atoms with Gasteiger partial charge in [-0.05, 0) is 73.5 Å². The molecule has 1 saturated heterocycles. The lowest BCUT2D eigenvalue weighted by atomic mass is 9.77. The highest BCUT2D eigenvalue weighted by Gasteiger charge is 2.59. The molecule has 3 aliphatic heterocycles. The number of ether oxygens (including phenoxy) is 5.